The Balaban J connectivity index is 1.63. The fourth-order valence-corrected chi connectivity index (χ4v) is 5.51. The second kappa shape index (κ2) is 9.91. The monoisotopic (exact) mass is 524 g/mol. The van der Waals surface area contributed by atoms with Crippen LogP contribution >= 0.6 is 0 Å². The minimum Gasteiger partial charge on any atom is -0.467 e. The highest BCUT2D eigenvalue weighted by atomic mass is 16.5. The zero-order valence-electron chi connectivity index (χ0n) is 23.8. The maximum Gasteiger partial charge on any atom is 0.329 e. The number of urea groups is 1. The molecule has 0 radical (unpaired) electrons. The molecule has 0 N–H and O–H groups in total. The minimum atomic E-state index is -0.103. The lowest BCUT2D eigenvalue weighted by atomic mass is 9.60. The molecule has 3 aromatic heterocycles. The molecular formula is C31H36N6O2. The first-order valence-corrected chi connectivity index (χ1v) is 13.4. The standard InChI is InChI=1S/C31H36N6O2/c1-8-31(5,9-2)30(3,4)22-10-12-23(13-11-22)37-27-21(19-36(6)29(37)38)18-32-25-15-14-24(35-26(25)27)20-16-33-28(39-7)34-17-20/h10-18H,8-9,19H2,1-7H3. The van der Waals surface area contributed by atoms with E-state index in [4.69, 9.17) is 9.72 Å². The Kier molecular flexibility index (Phi) is 6.74. The van der Waals surface area contributed by atoms with Gasteiger partial charge in [-0.1, -0.05) is 46.8 Å². The third kappa shape index (κ3) is 4.37. The summed E-state index contributed by atoms with van der Waals surface area (Å²) in [6.45, 7) is 12.0. The molecule has 202 valence electrons. The van der Waals surface area contributed by atoms with E-state index in [2.05, 4.69) is 73.8 Å². The highest BCUT2D eigenvalue weighted by Gasteiger charge is 2.39. The fourth-order valence-electron chi connectivity index (χ4n) is 5.51. The maximum atomic E-state index is 13.7. The molecule has 39 heavy (non-hydrogen) atoms. The number of aromatic nitrogens is 4. The SMILES string of the molecule is CCC(C)(CC)C(C)(C)c1ccc(N2C(=O)N(C)Cc3cnc4ccc(-c5cnc(OC)nc5)nc4c32)cc1. The molecule has 1 aliphatic rings. The van der Waals surface area contributed by atoms with Crippen LogP contribution in [-0.4, -0.2) is 45.0 Å². The molecule has 4 aromatic rings. The van der Waals surface area contributed by atoms with Crippen molar-refractivity contribution in [2.75, 3.05) is 19.1 Å². The van der Waals surface area contributed by atoms with Crippen LogP contribution in [0.15, 0.2) is 55.0 Å². The van der Waals surface area contributed by atoms with Gasteiger partial charge in [0.2, 0.25) is 0 Å². The van der Waals surface area contributed by atoms with Crippen LogP contribution in [-0.2, 0) is 12.0 Å². The van der Waals surface area contributed by atoms with Crippen LogP contribution in [0.1, 0.15) is 58.6 Å². The molecule has 5 rings (SSSR count). The third-order valence-electron chi connectivity index (χ3n) is 8.93. The number of anilines is 2. The first-order chi connectivity index (χ1) is 18.6. The van der Waals surface area contributed by atoms with Gasteiger partial charge in [-0.05, 0) is 53.5 Å². The number of amides is 2. The van der Waals surface area contributed by atoms with Gasteiger partial charge in [0, 0.05) is 36.8 Å². The number of nitrogens with zero attached hydrogens (tertiary/aromatic N) is 6. The summed E-state index contributed by atoms with van der Waals surface area (Å²) in [5.41, 5.74) is 6.73. The first kappa shape index (κ1) is 26.5. The number of ether oxygens (including phenoxy) is 1. The summed E-state index contributed by atoms with van der Waals surface area (Å²) >= 11 is 0. The molecule has 4 heterocycles. The predicted molar refractivity (Wildman–Crippen MR) is 154 cm³/mol. The number of hydrogen-bond donors (Lipinski definition) is 0. The van der Waals surface area contributed by atoms with Crippen LogP contribution in [0.3, 0.4) is 0 Å². The van der Waals surface area contributed by atoms with Crippen LogP contribution in [0.25, 0.3) is 22.3 Å². The lowest BCUT2D eigenvalue weighted by Gasteiger charge is -2.44. The van der Waals surface area contributed by atoms with Gasteiger partial charge in [0.25, 0.3) is 0 Å². The summed E-state index contributed by atoms with van der Waals surface area (Å²) in [7, 11) is 3.34. The van der Waals surface area contributed by atoms with E-state index in [-0.39, 0.29) is 16.9 Å². The molecular weight excluding hydrogens is 488 g/mol. The summed E-state index contributed by atoms with van der Waals surface area (Å²) < 4.78 is 5.09. The van der Waals surface area contributed by atoms with E-state index in [1.807, 2.05) is 25.4 Å². The van der Waals surface area contributed by atoms with Gasteiger partial charge in [0.1, 0.15) is 5.52 Å². The molecule has 0 unspecified atom stereocenters. The molecule has 2 amide bonds. The van der Waals surface area contributed by atoms with Crippen molar-refractivity contribution in [2.45, 2.75) is 59.4 Å². The van der Waals surface area contributed by atoms with Crippen LogP contribution < -0.4 is 9.64 Å². The van der Waals surface area contributed by atoms with Gasteiger partial charge < -0.3 is 9.64 Å². The van der Waals surface area contributed by atoms with E-state index in [9.17, 15) is 4.79 Å². The number of rotatable bonds is 7. The van der Waals surface area contributed by atoms with Crippen molar-refractivity contribution in [1.29, 1.82) is 0 Å². The Morgan fingerprint density at radius 2 is 1.59 bits per heavy atom. The Morgan fingerprint density at radius 3 is 2.21 bits per heavy atom. The van der Waals surface area contributed by atoms with Crippen molar-refractivity contribution in [3.63, 3.8) is 0 Å². The first-order valence-electron chi connectivity index (χ1n) is 13.4. The van der Waals surface area contributed by atoms with Crippen molar-refractivity contribution in [3.8, 4) is 17.3 Å². The van der Waals surface area contributed by atoms with Crippen molar-refractivity contribution >= 4 is 28.4 Å². The van der Waals surface area contributed by atoms with E-state index < -0.39 is 0 Å². The third-order valence-corrected chi connectivity index (χ3v) is 8.93. The normalized spacial score (nSPS) is 14.1. The molecule has 0 fully saturated rings. The highest BCUT2D eigenvalue weighted by Crippen LogP contribution is 2.47. The Morgan fingerprint density at radius 1 is 0.923 bits per heavy atom. The summed E-state index contributed by atoms with van der Waals surface area (Å²) in [6.07, 6.45) is 7.39. The van der Waals surface area contributed by atoms with Gasteiger partial charge in [-0.2, -0.15) is 0 Å². The van der Waals surface area contributed by atoms with Gasteiger partial charge in [-0.25, -0.2) is 19.7 Å². The Bertz CT molecular complexity index is 1510. The number of carbonyl (C=O) groups is 1. The largest absolute Gasteiger partial charge is 0.467 e. The second-order valence-electron chi connectivity index (χ2n) is 11.1. The topological polar surface area (TPSA) is 84.3 Å². The van der Waals surface area contributed by atoms with E-state index >= 15 is 0 Å². The molecule has 1 aromatic carbocycles. The highest BCUT2D eigenvalue weighted by molar-refractivity contribution is 6.08. The van der Waals surface area contributed by atoms with Crippen molar-refractivity contribution in [1.82, 2.24) is 24.8 Å². The molecule has 0 saturated heterocycles. The van der Waals surface area contributed by atoms with Crippen LogP contribution in [0.5, 0.6) is 6.01 Å². The smallest absolute Gasteiger partial charge is 0.329 e. The van der Waals surface area contributed by atoms with Gasteiger partial charge in [0.15, 0.2) is 0 Å². The van der Waals surface area contributed by atoms with Crippen LogP contribution in [0.2, 0.25) is 0 Å². The van der Waals surface area contributed by atoms with Gasteiger partial charge >= 0.3 is 12.0 Å². The summed E-state index contributed by atoms with van der Waals surface area (Å²) in [5, 5.41) is 0. The van der Waals surface area contributed by atoms with Crippen LogP contribution in [0, 0.1) is 5.41 Å². The van der Waals surface area contributed by atoms with Crippen molar-refractivity contribution in [2.24, 2.45) is 5.41 Å². The second-order valence-corrected chi connectivity index (χ2v) is 11.1. The summed E-state index contributed by atoms with van der Waals surface area (Å²) in [6, 6.07) is 12.4. The zero-order chi connectivity index (χ0) is 27.9. The molecule has 0 atom stereocenters. The molecule has 0 aliphatic carbocycles. The van der Waals surface area contributed by atoms with E-state index in [0.717, 1.165) is 35.3 Å². The summed E-state index contributed by atoms with van der Waals surface area (Å²) in [4.78, 5) is 35.2. The molecule has 1 aliphatic heterocycles. The molecule has 8 nitrogen and oxygen atoms in total. The van der Waals surface area contributed by atoms with E-state index in [0.29, 0.717) is 29.3 Å². The quantitative estimate of drug-likeness (QED) is 0.261. The molecule has 0 saturated carbocycles. The van der Waals surface area contributed by atoms with Gasteiger partial charge in [0.05, 0.1) is 36.2 Å². The fraction of sp³-hybridized carbons (Fsp3) is 0.387. The minimum absolute atomic E-state index is 0.0247. The number of methoxy groups -OCH3 is 1. The summed E-state index contributed by atoms with van der Waals surface area (Å²) in [5.74, 6) is 0. The van der Waals surface area contributed by atoms with Gasteiger partial charge in [-0.3, -0.25) is 9.88 Å². The zero-order valence-corrected chi connectivity index (χ0v) is 23.8. The van der Waals surface area contributed by atoms with Crippen LogP contribution in [0.4, 0.5) is 16.2 Å². The number of benzene rings is 1. The number of fused-ring (bicyclic) bond motifs is 3. The lowest BCUT2D eigenvalue weighted by Crippen LogP contribution is -2.43. The molecule has 0 spiro atoms. The molecule has 8 heteroatoms. The van der Waals surface area contributed by atoms with Crippen molar-refractivity contribution in [3.05, 3.63) is 66.1 Å². The predicted octanol–water partition coefficient (Wildman–Crippen LogP) is 6.90. The average Bonchev–Trinajstić information content (AvgIpc) is 2.97. The van der Waals surface area contributed by atoms with E-state index in [1.54, 1.807) is 22.2 Å². The lowest BCUT2D eigenvalue weighted by molar-refractivity contribution is 0.155. The Labute approximate surface area is 230 Å². The molecule has 0 bridgehead atoms. The Hall–Kier alpha value is -4.07. The number of hydrogen-bond acceptors (Lipinski definition) is 6. The number of pyridine rings is 2. The van der Waals surface area contributed by atoms with Crippen molar-refractivity contribution < 1.29 is 9.53 Å². The number of carbonyl (C=O) groups excluding carboxylic acids is 1. The maximum absolute atomic E-state index is 13.7. The van der Waals surface area contributed by atoms with Gasteiger partial charge in [-0.15, -0.1) is 0 Å². The van der Waals surface area contributed by atoms with E-state index in [1.165, 1.54) is 12.7 Å². The average molecular weight is 525 g/mol.